The van der Waals surface area contributed by atoms with Crippen molar-refractivity contribution in [2.75, 3.05) is 13.2 Å². The topological polar surface area (TPSA) is 98.7 Å². The Bertz CT molecular complexity index is 504. The Morgan fingerprint density at radius 1 is 1.35 bits per heavy atom. The van der Waals surface area contributed by atoms with Gasteiger partial charge in [-0.05, 0) is 17.5 Å². The van der Waals surface area contributed by atoms with Crippen LogP contribution >= 0.6 is 0 Å². The fourth-order valence-corrected chi connectivity index (χ4v) is 2.36. The van der Waals surface area contributed by atoms with Crippen LogP contribution in [0.2, 0.25) is 0 Å². The van der Waals surface area contributed by atoms with E-state index in [0.29, 0.717) is 6.54 Å². The van der Waals surface area contributed by atoms with Crippen molar-refractivity contribution in [3.63, 3.8) is 0 Å². The Morgan fingerprint density at radius 2 is 2.10 bits per heavy atom. The lowest BCUT2D eigenvalue weighted by Gasteiger charge is -2.30. The molecule has 0 radical (unpaired) electrons. The molecule has 0 saturated carbocycles. The van der Waals surface area contributed by atoms with E-state index < -0.39 is 18.0 Å². The summed E-state index contributed by atoms with van der Waals surface area (Å²) in [4.78, 5) is 22.5. The number of benzene rings is 1. The molecule has 0 aliphatic heterocycles. The number of fused-ring (bicyclic) bond motifs is 1. The van der Waals surface area contributed by atoms with Crippen molar-refractivity contribution in [2.24, 2.45) is 0 Å². The molecule has 6 heteroatoms. The van der Waals surface area contributed by atoms with Crippen LogP contribution in [0.15, 0.2) is 24.3 Å². The average molecular weight is 278 g/mol. The number of hydrogen-bond donors (Lipinski definition) is 4. The summed E-state index contributed by atoms with van der Waals surface area (Å²) >= 11 is 0. The van der Waals surface area contributed by atoms with Gasteiger partial charge in [0.1, 0.15) is 6.04 Å². The number of urea groups is 1. The second-order valence-corrected chi connectivity index (χ2v) is 4.86. The van der Waals surface area contributed by atoms with Gasteiger partial charge in [0.05, 0.1) is 0 Å². The summed E-state index contributed by atoms with van der Waals surface area (Å²) in [6.07, 6.45) is 0.921. The maximum atomic E-state index is 11.6. The third-order valence-corrected chi connectivity index (χ3v) is 3.49. The van der Waals surface area contributed by atoms with Gasteiger partial charge < -0.3 is 20.8 Å². The zero-order valence-electron chi connectivity index (χ0n) is 11.0. The fourth-order valence-electron chi connectivity index (χ4n) is 2.36. The lowest BCUT2D eigenvalue weighted by Crippen LogP contribution is -2.47. The summed E-state index contributed by atoms with van der Waals surface area (Å²) in [7, 11) is 0. The molecule has 1 aromatic rings. The number of aliphatic hydroxyl groups is 1. The van der Waals surface area contributed by atoms with E-state index in [0.717, 1.165) is 6.42 Å². The van der Waals surface area contributed by atoms with Crippen molar-refractivity contribution >= 4 is 12.0 Å². The summed E-state index contributed by atoms with van der Waals surface area (Å²) < 4.78 is 0. The molecule has 20 heavy (non-hydrogen) atoms. The van der Waals surface area contributed by atoms with Gasteiger partial charge in [0.15, 0.2) is 0 Å². The van der Waals surface area contributed by atoms with Gasteiger partial charge in [-0.3, -0.25) is 0 Å². The predicted molar refractivity (Wildman–Crippen MR) is 72.5 cm³/mol. The van der Waals surface area contributed by atoms with E-state index in [4.69, 9.17) is 10.2 Å². The van der Waals surface area contributed by atoms with E-state index >= 15 is 0 Å². The lowest BCUT2D eigenvalue weighted by atomic mass is 9.78. The van der Waals surface area contributed by atoms with E-state index in [2.05, 4.69) is 16.7 Å². The number of carbonyl (C=O) groups excluding carboxylic acids is 1. The first kappa shape index (κ1) is 14.3. The molecule has 0 fully saturated rings. The van der Waals surface area contributed by atoms with E-state index in [-0.39, 0.29) is 18.9 Å². The molecule has 0 spiro atoms. The maximum Gasteiger partial charge on any atom is 0.326 e. The minimum Gasteiger partial charge on any atom is -0.480 e. The van der Waals surface area contributed by atoms with Gasteiger partial charge in [-0.15, -0.1) is 0 Å². The molecule has 1 unspecified atom stereocenters. The quantitative estimate of drug-likeness (QED) is 0.607. The smallest absolute Gasteiger partial charge is 0.326 e. The van der Waals surface area contributed by atoms with E-state index in [1.165, 1.54) is 11.1 Å². The molecule has 0 aromatic heterocycles. The molecule has 0 heterocycles. The average Bonchev–Trinajstić information content (AvgIpc) is 2.39. The molecule has 0 bridgehead atoms. The summed E-state index contributed by atoms with van der Waals surface area (Å²) in [6.45, 7) is 0.196. The second-order valence-electron chi connectivity index (χ2n) is 4.86. The second kappa shape index (κ2) is 6.38. The molecule has 1 aliphatic rings. The number of aliphatic hydroxyl groups excluding tert-OH is 1. The van der Waals surface area contributed by atoms with Crippen LogP contribution in [0.1, 0.15) is 23.5 Å². The molecule has 4 N–H and O–H groups in total. The maximum absolute atomic E-state index is 11.6. The highest BCUT2D eigenvalue weighted by atomic mass is 16.4. The number of rotatable bonds is 6. The van der Waals surface area contributed by atoms with Crippen LogP contribution in [0.4, 0.5) is 4.79 Å². The zero-order chi connectivity index (χ0) is 14.5. The molecule has 2 amide bonds. The molecule has 108 valence electrons. The number of amides is 2. The van der Waals surface area contributed by atoms with Gasteiger partial charge in [-0.1, -0.05) is 24.3 Å². The first-order valence-corrected chi connectivity index (χ1v) is 6.57. The number of carbonyl (C=O) groups is 2. The van der Waals surface area contributed by atoms with E-state index in [9.17, 15) is 9.59 Å². The van der Waals surface area contributed by atoms with Crippen LogP contribution < -0.4 is 10.6 Å². The first-order valence-electron chi connectivity index (χ1n) is 6.57. The van der Waals surface area contributed by atoms with Gasteiger partial charge in [0.25, 0.3) is 0 Å². The van der Waals surface area contributed by atoms with Gasteiger partial charge in [0.2, 0.25) is 0 Å². The van der Waals surface area contributed by atoms with Crippen molar-refractivity contribution in [1.29, 1.82) is 0 Å². The van der Waals surface area contributed by atoms with Crippen LogP contribution in [0.25, 0.3) is 0 Å². The Morgan fingerprint density at radius 3 is 2.75 bits per heavy atom. The van der Waals surface area contributed by atoms with Crippen LogP contribution in [0.3, 0.4) is 0 Å². The normalized spacial score (nSPS) is 17.6. The highest BCUT2D eigenvalue weighted by Crippen LogP contribution is 2.33. The highest BCUT2D eigenvalue weighted by Gasteiger charge is 2.26. The number of aliphatic carboxylic acids is 1. The van der Waals surface area contributed by atoms with E-state index in [1.54, 1.807) is 0 Å². The van der Waals surface area contributed by atoms with Crippen LogP contribution in [-0.2, 0) is 11.2 Å². The Balaban J connectivity index is 1.78. The van der Waals surface area contributed by atoms with Crippen LogP contribution in [0, 0.1) is 0 Å². The Labute approximate surface area is 116 Å². The van der Waals surface area contributed by atoms with Crippen LogP contribution in [-0.4, -0.2) is 41.4 Å². The van der Waals surface area contributed by atoms with E-state index in [1.807, 2.05) is 18.2 Å². The predicted octanol–water partition coefficient (Wildman–Crippen LogP) is 0.461. The molecule has 2 rings (SSSR count). The summed E-state index contributed by atoms with van der Waals surface area (Å²) in [5, 5.41) is 22.6. The highest BCUT2D eigenvalue weighted by molar-refractivity contribution is 5.82. The number of carboxylic acids is 1. The number of hydrogen-bond acceptors (Lipinski definition) is 3. The standard InChI is InChI=1S/C14H18N2O4/c17-6-5-12(13(18)19)16-14(20)15-8-10-7-9-3-1-2-4-11(9)10/h1-4,10,12,17H,5-8H2,(H,18,19)(H2,15,16,20)/t10?,12-/m0/s1. The molecule has 2 atom stereocenters. The molecule has 1 aromatic carbocycles. The van der Waals surface area contributed by atoms with Crippen molar-refractivity contribution in [1.82, 2.24) is 10.6 Å². The fraction of sp³-hybridized carbons (Fsp3) is 0.429. The van der Waals surface area contributed by atoms with Gasteiger partial charge >= 0.3 is 12.0 Å². The zero-order valence-corrected chi connectivity index (χ0v) is 11.0. The summed E-state index contributed by atoms with van der Waals surface area (Å²) in [5.74, 6) is -0.860. The largest absolute Gasteiger partial charge is 0.480 e. The van der Waals surface area contributed by atoms with Gasteiger partial charge in [-0.25, -0.2) is 9.59 Å². The Kier molecular flexibility index (Phi) is 4.57. The third kappa shape index (κ3) is 3.27. The molecular formula is C14H18N2O4. The van der Waals surface area contributed by atoms with Gasteiger partial charge in [0, 0.05) is 25.5 Å². The minimum absolute atomic E-state index is 0.00495. The summed E-state index contributed by atoms with van der Waals surface area (Å²) in [6, 6.07) is 6.47. The van der Waals surface area contributed by atoms with Crippen LogP contribution in [0.5, 0.6) is 0 Å². The molecule has 6 nitrogen and oxygen atoms in total. The Hall–Kier alpha value is -2.08. The number of nitrogens with one attached hydrogen (secondary N) is 2. The molecule has 1 aliphatic carbocycles. The monoisotopic (exact) mass is 278 g/mol. The molecule has 0 saturated heterocycles. The third-order valence-electron chi connectivity index (χ3n) is 3.49. The number of carboxylic acid groups (broad SMARTS) is 1. The van der Waals surface area contributed by atoms with Gasteiger partial charge in [-0.2, -0.15) is 0 Å². The van der Waals surface area contributed by atoms with Crippen molar-refractivity contribution in [3.8, 4) is 0 Å². The SMILES string of the molecule is O=C(NCC1Cc2ccccc21)N[C@@H](CCO)C(=O)O. The van der Waals surface area contributed by atoms with Crippen molar-refractivity contribution in [2.45, 2.75) is 24.8 Å². The minimum atomic E-state index is -1.15. The lowest BCUT2D eigenvalue weighted by molar-refractivity contribution is -0.139. The molecular weight excluding hydrogens is 260 g/mol. The summed E-state index contributed by atoms with van der Waals surface area (Å²) in [5.41, 5.74) is 2.53. The van der Waals surface area contributed by atoms with Crippen molar-refractivity contribution < 1.29 is 19.8 Å². The van der Waals surface area contributed by atoms with Crippen molar-refractivity contribution in [3.05, 3.63) is 35.4 Å². The first-order chi connectivity index (χ1) is 9.61.